The molecule has 1 saturated heterocycles. The minimum atomic E-state index is -0.102. The standard InChI is InChI=1S/C23H30N4O2/c1-4-24-23(29)27-14-12-19(13-15-27)21-20(11-10-16(2)25-21)22(28)26-17(3)18-8-6-5-7-9-18/h5-11,17,19H,4,12-15H2,1-3H3,(H,24,29)(H,26,28). The van der Waals surface area contributed by atoms with Crippen LogP contribution in [0.15, 0.2) is 42.5 Å². The van der Waals surface area contributed by atoms with E-state index in [1.807, 2.05) is 68.1 Å². The summed E-state index contributed by atoms with van der Waals surface area (Å²) in [5.74, 6) is 0.0726. The number of carbonyl (C=O) groups is 2. The molecule has 6 nitrogen and oxygen atoms in total. The van der Waals surface area contributed by atoms with Crippen molar-refractivity contribution in [3.8, 4) is 0 Å². The number of urea groups is 1. The van der Waals surface area contributed by atoms with Crippen LogP contribution in [-0.2, 0) is 0 Å². The molecule has 2 aromatic rings. The van der Waals surface area contributed by atoms with Gasteiger partial charge in [-0.25, -0.2) is 4.79 Å². The molecular formula is C23H30N4O2. The maximum Gasteiger partial charge on any atom is 0.317 e. The molecule has 0 saturated carbocycles. The van der Waals surface area contributed by atoms with Crippen molar-refractivity contribution >= 4 is 11.9 Å². The SMILES string of the molecule is CCNC(=O)N1CCC(c2nc(C)ccc2C(=O)NC(C)c2ccccc2)CC1. The summed E-state index contributed by atoms with van der Waals surface area (Å²) in [5, 5.41) is 5.95. The van der Waals surface area contributed by atoms with Crippen LogP contribution in [0.3, 0.4) is 0 Å². The average molecular weight is 395 g/mol. The Morgan fingerprint density at radius 1 is 1.14 bits per heavy atom. The molecule has 0 spiro atoms. The summed E-state index contributed by atoms with van der Waals surface area (Å²) >= 11 is 0. The Hall–Kier alpha value is -2.89. The van der Waals surface area contributed by atoms with Crippen molar-refractivity contribution in [2.24, 2.45) is 0 Å². The molecule has 0 bridgehead atoms. The number of pyridine rings is 1. The van der Waals surface area contributed by atoms with Gasteiger partial charge in [0.25, 0.3) is 5.91 Å². The number of aromatic nitrogens is 1. The number of hydrogen-bond donors (Lipinski definition) is 2. The largest absolute Gasteiger partial charge is 0.345 e. The molecule has 29 heavy (non-hydrogen) atoms. The number of hydrogen-bond acceptors (Lipinski definition) is 3. The van der Waals surface area contributed by atoms with E-state index in [1.165, 1.54) is 0 Å². The van der Waals surface area contributed by atoms with E-state index in [0.29, 0.717) is 25.2 Å². The minimum absolute atomic E-state index is 0.0159. The van der Waals surface area contributed by atoms with Crippen LogP contribution in [0.2, 0.25) is 0 Å². The summed E-state index contributed by atoms with van der Waals surface area (Å²) in [6, 6.07) is 13.6. The number of benzene rings is 1. The third kappa shape index (κ3) is 5.13. The third-order valence-corrected chi connectivity index (χ3v) is 5.45. The van der Waals surface area contributed by atoms with Crippen molar-refractivity contribution in [3.05, 3.63) is 65.0 Å². The van der Waals surface area contributed by atoms with Gasteiger partial charge >= 0.3 is 6.03 Å². The topological polar surface area (TPSA) is 74.3 Å². The van der Waals surface area contributed by atoms with E-state index >= 15 is 0 Å². The van der Waals surface area contributed by atoms with Crippen LogP contribution in [0.4, 0.5) is 4.79 Å². The Kier molecular flexibility index (Phi) is 6.86. The Bertz CT molecular complexity index is 845. The molecular weight excluding hydrogens is 364 g/mol. The lowest BCUT2D eigenvalue weighted by Crippen LogP contribution is -2.44. The fourth-order valence-electron chi connectivity index (χ4n) is 3.80. The highest BCUT2D eigenvalue weighted by molar-refractivity contribution is 5.95. The van der Waals surface area contributed by atoms with Crippen molar-refractivity contribution in [1.29, 1.82) is 0 Å². The average Bonchev–Trinajstić information content (AvgIpc) is 2.74. The van der Waals surface area contributed by atoms with Crippen LogP contribution in [0, 0.1) is 6.92 Å². The molecule has 0 radical (unpaired) electrons. The van der Waals surface area contributed by atoms with E-state index in [9.17, 15) is 9.59 Å². The maximum absolute atomic E-state index is 13.0. The smallest absolute Gasteiger partial charge is 0.317 e. The second kappa shape index (κ2) is 9.54. The molecule has 0 aliphatic carbocycles. The first kappa shape index (κ1) is 20.8. The quantitative estimate of drug-likeness (QED) is 0.810. The molecule has 154 valence electrons. The van der Waals surface area contributed by atoms with Crippen LogP contribution in [0.5, 0.6) is 0 Å². The van der Waals surface area contributed by atoms with Crippen LogP contribution >= 0.6 is 0 Å². The zero-order valence-electron chi connectivity index (χ0n) is 17.4. The monoisotopic (exact) mass is 394 g/mol. The Labute approximate surface area is 172 Å². The van der Waals surface area contributed by atoms with E-state index in [0.717, 1.165) is 29.8 Å². The highest BCUT2D eigenvalue weighted by Gasteiger charge is 2.28. The molecule has 3 amide bonds. The summed E-state index contributed by atoms with van der Waals surface area (Å²) < 4.78 is 0. The lowest BCUT2D eigenvalue weighted by Gasteiger charge is -2.32. The van der Waals surface area contributed by atoms with E-state index in [4.69, 9.17) is 4.98 Å². The first-order valence-corrected chi connectivity index (χ1v) is 10.4. The van der Waals surface area contributed by atoms with E-state index in [2.05, 4.69) is 10.6 Å². The number of aryl methyl sites for hydroxylation is 1. The van der Waals surface area contributed by atoms with Gasteiger partial charge in [0.15, 0.2) is 0 Å². The summed E-state index contributed by atoms with van der Waals surface area (Å²) in [5.41, 5.74) is 3.45. The number of amides is 3. The van der Waals surface area contributed by atoms with Crippen molar-refractivity contribution < 1.29 is 9.59 Å². The molecule has 6 heteroatoms. The summed E-state index contributed by atoms with van der Waals surface area (Å²) in [4.78, 5) is 31.7. The van der Waals surface area contributed by atoms with Gasteiger partial charge in [-0.05, 0) is 51.3 Å². The molecule has 3 rings (SSSR count). The fraction of sp³-hybridized carbons (Fsp3) is 0.435. The van der Waals surface area contributed by atoms with Gasteiger partial charge in [0.1, 0.15) is 0 Å². The van der Waals surface area contributed by atoms with Crippen molar-refractivity contribution in [1.82, 2.24) is 20.5 Å². The van der Waals surface area contributed by atoms with Gasteiger partial charge < -0.3 is 15.5 Å². The summed E-state index contributed by atoms with van der Waals surface area (Å²) in [7, 11) is 0. The molecule has 1 aliphatic rings. The first-order chi connectivity index (χ1) is 14.0. The number of rotatable bonds is 5. The molecule has 2 N–H and O–H groups in total. The first-order valence-electron chi connectivity index (χ1n) is 10.4. The number of nitrogens with one attached hydrogen (secondary N) is 2. The van der Waals surface area contributed by atoms with Gasteiger partial charge in [0.2, 0.25) is 0 Å². The zero-order valence-corrected chi connectivity index (χ0v) is 17.4. The van der Waals surface area contributed by atoms with Gasteiger partial charge in [0.05, 0.1) is 17.3 Å². The van der Waals surface area contributed by atoms with Gasteiger partial charge in [-0.1, -0.05) is 30.3 Å². The lowest BCUT2D eigenvalue weighted by molar-refractivity contribution is 0.0936. The number of carbonyl (C=O) groups excluding carboxylic acids is 2. The van der Waals surface area contributed by atoms with Gasteiger partial charge in [-0.2, -0.15) is 0 Å². The van der Waals surface area contributed by atoms with Crippen LogP contribution in [0.25, 0.3) is 0 Å². The molecule has 1 aliphatic heterocycles. The van der Waals surface area contributed by atoms with Crippen LogP contribution in [-0.4, -0.2) is 41.5 Å². The Balaban J connectivity index is 1.73. The zero-order chi connectivity index (χ0) is 20.8. The van der Waals surface area contributed by atoms with Crippen molar-refractivity contribution in [2.75, 3.05) is 19.6 Å². The van der Waals surface area contributed by atoms with E-state index < -0.39 is 0 Å². The maximum atomic E-state index is 13.0. The Morgan fingerprint density at radius 2 is 1.83 bits per heavy atom. The predicted octanol–water partition coefficient (Wildman–Crippen LogP) is 3.79. The second-order valence-corrected chi connectivity index (χ2v) is 7.59. The second-order valence-electron chi connectivity index (χ2n) is 7.59. The Morgan fingerprint density at radius 3 is 2.48 bits per heavy atom. The number of piperidine rings is 1. The summed E-state index contributed by atoms with van der Waals surface area (Å²) in [6.45, 7) is 7.83. The van der Waals surface area contributed by atoms with Crippen molar-refractivity contribution in [3.63, 3.8) is 0 Å². The van der Waals surface area contributed by atoms with Crippen LogP contribution < -0.4 is 10.6 Å². The van der Waals surface area contributed by atoms with Crippen LogP contribution in [0.1, 0.15) is 66.0 Å². The normalized spacial score (nSPS) is 15.6. The fourth-order valence-corrected chi connectivity index (χ4v) is 3.80. The number of nitrogens with zero attached hydrogens (tertiary/aromatic N) is 2. The lowest BCUT2D eigenvalue weighted by atomic mass is 9.90. The molecule has 1 unspecified atom stereocenters. The number of likely N-dealkylation sites (tertiary alicyclic amines) is 1. The predicted molar refractivity (Wildman–Crippen MR) is 114 cm³/mol. The highest BCUT2D eigenvalue weighted by atomic mass is 16.2. The third-order valence-electron chi connectivity index (χ3n) is 5.45. The van der Waals surface area contributed by atoms with Crippen molar-refractivity contribution in [2.45, 2.75) is 45.6 Å². The highest BCUT2D eigenvalue weighted by Crippen LogP contribution is 2.30. The minimum Gasteiger partial charge on any atom is -0.345 e. The van der Waals surface area contributed by atoms with Gasteiger partial charge in [0, 0.05) is 31.2 Å². The summed E-state index contributed by atoms with van der Waals surface area (Å²) in [6.07, 6.45) is 1.62. The van der Waals surface area contributed by atoms with E-state index in [1.54, 1.807) is 0 Å². The van der Waals surface area contributed by atoms with Gasteiger partial charge in [-0.3, -0.25) is 9.78 Å². The molecule has 1 aromatic heterocycles. The molecule has 1 atom stereocenters. The van der Waals surface area contributed by atoms with E-state index in [-0.39, 0.29) is 23.9 Å². The van der Waals surface area contributed by atoms with Gasteiger partial charge in [-0.15, -0.1) is 0 Å². The molecule has 1 aromatic carbocycles. The molecule has 2 heterocycles. The molecule has 1 fully saturated rings.